The van der Waals surface area contributed by atoms with Gasteiger partial charge in [0.1, 0.15) is 0 Å². The summed E-state index contributed by atoms with van der Waals surface area (Å²) in [4.78, 5) is 13.1. The standard InChI is InChI=1S/C5H4N.C2H4O2.Hg/c1-2-4-6-5-3-1;1-2(3)4;/h1-4H;1H3,(H,3,4);. The monoisotopic (exact) mass is 340 g/mol. The van der Waals surface area contributed by atoms with Crippen molar-refractivity contribution in [3.05, 3.63) is 24.4 Å². The third-order valence-corrected chi connectivity index (χ3v) is 2.35. The van der Waals surface area contributed by atoms with E-state index in [0.717, 1.165) is 6.92 Å². The van der Waals surface area contributed by atoms with Crippen LogP contribution < -0.4 is 3.20 Å². The molecule has 4 heteroatoms. The molecule has 0 atom stereocenters. The Morgan fingerprint density at radius 2 is 2.18 bits per heavy atom. The van der Waals surface area contributed by atoms with Gasteiger partial charge >= 0.3 is 58.7 Å². The molecule has 0 radical (unpaired) electrons. The first-order valence-electron chi connectivity index (χ1n) is 3.05. The number of pyridine rings is 1. The van der Waals surface area contributed by atoms with Gasteiger partial charge in [-0.3, -0.25) is 4.79 Å². The van der Waals surface area contributed by atoms with Crippen molar-refractivity contribution in [2.24, 2.45) is 0 Å². The van der Waals surface area contributed by atoms with Crippen molar-refractivity contribution in [2.75, 3.05) is 0 Å². The van der Waals surface area contributed by atoms with Gasteiger partial charge in [0, 0.05) is 6.92 Å². The Bertz CT molecular complexity index is 209. The zero-order valence-corrected chi connectivity index (χ0v) is 11.8. The number of carboxylic acid groups (broad SMARTS) is 1. The molecule has 0 aliphatic carbocycles. The topological polar surface area (TPSA) is 50.2 Å². The van der Waals surface area contributed by atoms with Crippen molar-refractivity contribution < 1.29 is 36.0 Å². The molecule has 0 aliphatic rings. The van der Waals surface area contributed by atoms with E-state index in [1.807, 2.05) is 18.3 Å². The Hall–Kier alpha value is -0.445. The Morgan fingerprint density at radius 3 is 2.36 bits per heavy atom. The van der Waals surface area contributed by atoms with E-state index in [1.54, 1.807) is 0 Å². The summed E-state index contributed by atoms with van der Waals surface area (Å²) in [7, 11) is 0. The fourth-order valence-corrected chi connectivity index (χ4v) is 1.34. The number of aromatic nitrogens is 1. The first-order chi connectivity index (χ1) is 5.13. The average Bonchev–Trinajstić information content (AvgIpc) is 1.87. The van der Waals surface area contributed by atoms with Crippen LogP contribution in [0.3, 0.4) is 0 Å². The average molecular weight is 339 g/mol. The van der Waals surface area contributed by atoms with E-state index in [0.29, 0.717) is 26.1 Å². The Balaban J connectivity index is 0.000000218. The molecule has 0 amide bonds. The molecule has 1 aromatic rings. The molecule has 3 nitrogen and oxygen atoms in total. The second-order valence-corrected chi connectivity index (χ2v) is 4.66. The molecular weight excluding hydrogens is 331 g/mol. The van der Waals surface area contributed by atoms with Crippen LogP contribution in [0.5, 0.6) is 0 Å². The van der Waals surface area contributed by atoms with Gasteiger partial charge in [-0.05, 0) is 0 Å². The molecule has 11 heavy (non-hydrogen) atoms. The van der Waals surface area contributed by atoms with Crippen molar-refractivity contribution in [1.29, 1.82) is 0 Å². The van der Waals surface area contributed by atoms with Gasteiger partial charge in [0.15, 0.2) is 0 Å². The van der Waals surface area contributed by atoms with Gasteiger partial charge < -0.3 is 5.11 Å². The second-order valence-electron chi connectivity index (χ2n) is 1.84. The summed E-state index contributed by atoms with van der Waals surface area (Å²) < 4.78 is 1.27. The molecule has 55 valence electrons. The van der Waals surface area contributed by atoms with Crippen LogP contribution in [-0.4, -0.2) is 16.1 Å². The minimum absolute atomic E-state index is 0.699. The molecule has 0 aromatic carbocycles. The van der Waals surface area contributed by atoms with E-state index in [4.69, 9.17) is 9.90 Å². The van der Waals surface area contributed by atoms with Gasteiger partial charge in [0.2, 0.25) is 0 Å². The van der Waals surface area contributed by atoms with Gasteiger partial charge in [-0.2, -0.15) is 0 Å². The van der Waals surface area contributed by atoms with Crippen molar-refractivity contribution in [2.45, 2.75) is 6.92 Å². The van der Waals surface area contributed by atoms with E-state index in [2.05, 4.69) is 11.1 Å². The molecular formula is C7H8HgNO2. The fourth-order valence-electron chi connectivity index (χ4n) is 0.398. The minimum atomic E-state index is -0.833. The normalized spacial score (nSPS) is 7.91. The predicted octanol–water partition coefficient (Wildman–Crippen LogP) is 0.345. The van der Waals surface area contributed by atoms with Crippen LogP contribution in [-0.2, 0) is 30.9 Å². The summed E-state index contributed by atoms with van der Waals surface area (Å²) in [6, 6.07) is 6.02. The van der Waals surface area contributed by atoms with Crippen LogP contribution in [0.25, 0.3) is 0 Å². The summed E-state index contributed by atoms with van der Waals surface area (Å²) in [5.74, 6) is -0.833. The van der Waals surface area contributed by atoms with E-state index < -0.39 is 5.97 Å². The third-order valence-electron chi connectivity index (χ3n) is 0.726. The van der Waals surface area contributed by atoms with Crippen LogP contribution in [0.4, 0.5) is 0 Å². The molecule has 1 heterocycles. The third kappa shape index (κ3) is 9.56. The van der Waals surface area contributed by atoms with Crippen LogP contribution in [0.1, 0.15) is 6.92 Å². The number of hydrogen-bond donors (Lipinski definition) is 1. The number of carbonyl (C=O) groups is 1. The van der Waals surface area contributed by atoms with Gasteiger partial charge in [0.05, 0.1) is 0 Å². The summed E-state index contributed by atoms with van der Waals surface area (Å²) >= 11 is 0.699. The van der Waals surface area contributed by atoms with Gasteiger partial charge in [-0.25, -0.2) is 0 Å². The first kappa shape index (κ1) is 10.6. The van der Waals surface area contributed by atoms with Crippen molar-refractivity contribution >= 4 is 9.17 Å². The molecule has 1 rings (SSSR count). The van der Waals surface area contributed by atoms with Crippen LogP contribution in [0.2, 0.25) is 0 Å². The molecule has 0 aliphatic heterocycles. The fraction of sp³-hybridized carbons (Fsp3) is 0.143. The second kappa shape index (κ2) is 6.28. The van der Waals surface area contributed by atoms with E-state index in [-0.39, 0.29) is 0 Å². The number of aliphatic carboxylic acids is 1. The van der Waals surface area contributed by atoms with E-state index in [1.165, 1.54) is 3.20 Å². The molecule has 1 aromatic heterocycles. The predicted molar refractivity (Wildman–Crippen MR) is 37.2 cm³/mol. The molecule has 0 saturated heterocycles. The van der Waals surface area contributed by atoms with Gasteiger partial charge in [0.25, 0.3) is 5.97 Å². The number of hydrogen-bond acceptors (Lipinski definition) is 2. The maximum atomic E-state index is 9.00. The number of carboxylic acids is 1. The van der Waals surface area contributed by atoms with Crippen molar-refractivity contribution in [1.82, 2.24) is 4.98 Å². The Kier molecular flexibility index (Phi) is 6.02. The van der Waals surface area contributed by atoms with E-state index >= 15 is 0 Å². The SMILES string of the molecule is CC(=O)O.[Hg][c]1ccccn1. The summed E-state index contributed by atoms with van der Waals surface area (Å²) in [5, 5.41) is 7.42. The maximum absolute atomic E-state index is 9.00. The molecule has 0 fully saturated rings. The quantitative estimate of drug-likeness (QED) is 0.694. The van der Waals surface area contributed by atoms with E-state index in [9.17, 15) is 0 Å². The van der Waals surface area contributed by atoms with Gasteiger partial charge in [-0.15, -0.1) is 0 Å². The molecule has 0 saturated carbocycles. The van der Waals surface area contributed by atoms with Crippen LogP contribution in [0.15, 0.2) is 24.4 Å². The zero-order chi connectivity index (χ0) is 8.69. The number of rotatable bonds is 0. The summed E-state index contributed by atoms with van der Waals surface area (Å²) in [6.45, 7) is 1.08. The Morgan fingerprint density at radius 1 is 1.64 bits per heavy atom. The first-order valence-corrected chi connectivity index (χ1v) is 5.80. The number of nitrogens with zero attached hydrogens (tertiary/aromatic N) is 1. The van der Waals surface area contributed by atoms with Crippen LogP contribution in [0, 0.1) is 0 Å². The van der Waals surface area contributed by atoms with Crippen LogP contribution >= 0.6 is 0 Å². The summed E-state index contributed by atoms with van der Waals surface area (Å²) in [6.07, 6.45) is 1.84. The molecule has 0 unspecified atom stereocenters. The summed E-state index contributed by atoms with van der Waals surface area (Å²) in [5.41, 5.74) is 0. The molecule has 1 N–H and O–H groups in total. The zero-order valence-electron chi connectivity index (χ0n) is 6.32. The molecule has 0 bridgehead atoms. The van der Waals surface area contributed by atoms with Crippen molar-refractivity contribution in [3.63, 3.8) is 0 Å². The Labute approximate surface area is 81.4 Å². The van der Waals surface area contributed by atoms with Gasteiger partial charge in [-0.1, -0.05) is 0 Å². The molecule has 0 spiro atoms. The van der Waals surface area contributed by atoms with Crippen molar-refractivity contribution in [3.8, 4) is 0 Å².